The number of sulfone groups is 1. The van der Waals surface area contributed by atoms with E-state index in [0.717, 1.165) is 0 Å². The Morgan fingerprint density at radius 1 is 1.54 bits per heavy atom. The standard InChI is InChI=1S/C8H11NO3S/c1-3-13(11,12)7-4-8(10)6(2)9-5-7/h4-5,10H,3H2,1-2H3. The number of aromatic nitrogens is 1. The van der Waals surface area contributed by atoms with E-state index in [1.54, 1.807) is 13.8 Å². The molecule has 13 heavy (non-hydrogen) atoms. The second-order valence-corrected chi connectivity index (χ2v) is 4.96. The molecular formula is C8H11NO3S. The maximum absolute atomic E-state index is 11.3. The zero-order chi connectivity index (χ0) is 10.1. The molecule has 0 spiro atoms. The van der Waals surface area contributed by atoms with Gasteiger partial charge in [-0.25, -0.2) is 8.42 Å². The summed E-state index contributed by atoms with van der Waals surface area (Å²) < 4.78 is 22.6. The molecule has 0 fully saturated rings. The zero-order valence-electron chi connectivity index (χ0n) is 7.48. The van der Waals surface area contributed by atoms with Gasteiger partial charge in [-0.15, -0.1) is 0 Å². The number of aromatic hydroxyl groups is 1. The van der Waals surface area contributed by atoms with Crippen molar-refractivity contribution in [2.75, 3.05) is 5.75 Å². The Morgan fingerprint density at radius 3 is 2.62 bits per heavy atom. The van der Waals surface area contributed by atoms with Gasteiger partial charge < -0.3 is 5.11 Å². The third-order valence-electron chi connectivity index (χ3n) is 1.77. The van der Waals surface area contributed by atoms with Crippen LogP contribution in [0, 0.1) is 6.92 Å². The molecule has 0 radical (unpaired) electrons. The molecule has 1 aromatic rings. The topological polar surface area (TPSA) is 67.3 Å². The zero-order valence-corrected chi connectivity index (χ0v) is 8.30. The Hall–Kier alpha value is -1.10. The molecule has 0 bridgehead atoms. The predicted octanol–water partition coefficient (Wildman–Crippen LogP) is 0.889. The van der Waals surface area contributed by atoms with E-state index in [4.69, 9.17) is 0 Å². The van der Waals surface area contributed by atoms with E-state index in [1.165, 1.54) is 12.3 Å². The molecule has 0 aliphatic carbocycles. The second-order valence-electron chi connectivity index (χ2n) is 2.68. The lowest BCUT2D eigenvalue weighted by Crippen LogP contribution is -2.04. The van der Waals surface area contributed by atoms with Crippen molar-refractivity contribution in [1.29, 1.82) is 0 Å². The molecule has 1 rings (SSSR count). The van der Waals surface area contributed by atoms with Crippen LogP contribution in [0.2, 0.25) is 0 Å². The van der Waals surface area contributed by atoms with Gasteiger partial charge in [0.2, 0.25) is 0 Å². The molecule has 1 aromatic heterocycles. The summed E-state index contributed by atoms with van der Waals surface area (Å²) in [5, 5.41) is 9.23. The van der Waals surface area contributed by atoms with Crippen molar-refractivity contribution >= 4 is 9.84 Å². The van der Waals surface area contributed by atoms with Crippen molar-refractivity contribution in [3.8, 4) is 5.75 Å². The van der Waals surface area contributed by atoms with E-state index >= 15 is 0 Å². The van der Waals surface area contributed by atoms with E-state index < -0.39 is 9.84 Å². The number of hydrogen-bond acceptors (Lipinski definition) is 4. The lowest BCUT2D eigenvalue weighted by molar-refractivity contribution is 0.465. The van der Waals surface area contributed by atoms with E-state index in [1.807, 2.05) is 0 Å². The van der Waals surface area contributed by atoms with Crippen LogP contribution in [0.3, 0.4) is 0 Å². The Kier molecular flexibility index (Phi) is 2.56. The van der Waals surface area contributed by atoms with E-state index in [9.17, 15) is 13.5 Å². The third-order valence-corrected chi connectivity index (χ3v) is 3.48. The highest BCUT2D eigenvalue weighted by Gasteiger charge is 2.13. The normalized spacial score (nSPS) is 11.5. The Balaban J connectivity index is 3.27. The van der Waals surface area contributed by atoms with Crippen molar-refractivity contribution in [3.05, 3.63) is 18.0 Å². The van der Waals surface area contributed by atoms with Crippen molar-refractivity contribution in [2.24, 2.45) is 0 Å². The van der Waals surface area contributed by atoms with Crippen LogP contribution < -0.4 is 0 Å². The fraction of sp³-hybridized carbons (Fsp3) is 0.375. The summed E-state index contributed by atoms with van der Waals surface area (Å²) in [5.74, 6) is -0.0773. The van der Waals surface area contributed by atoms with Gasteiger partial charge in [-0.05, 0) is 6.92 Å². The maximum Gasteiger partial charge on any atom is 0.179 e. The summed E-state index contributed by atoms with van der Waals surface area (Å²) in [6.07, 6.45) is 1.26. The van der Waals surface area contributed by atoms with Gasteiger partial charge in [0.25, 0.3) is 0 Å². The molecule has 5 heteroatoms. The fourth-order valence-corrected chi connectivity index (χ4v) is 1.68. The molecule has 1 N–H and O–H groups in total. The molecule has 0 unspecified atom stereocenters. The summed E-state index contributed by atoms with van der Waals surface area (Å²) in [5.41, 5.74) is 0.426. The van der Waals surface area contributed by atoms with Crippen LogP contribution in [-0.2, 0) is 9.84 Å². The molecule has 0 aliphatic rings. The lowest BCUT2D eigenvalue weighted by atomic mass is 10.3. The maximum atomic E-state index is 11.3. The first-order chi connectivity index (χ1) is 5.97. The molecule has 0 saturated carbocycles. The SMILES string of the molecule is CCS(=O)(=O)c1cnc(C)c(O)c1. The minimum atomic E-state index is -3.26. The van der Waals surface area contributed by atoms with E-state index in [2.05, 4.69) is 4.98 Å². The summed E-state index contributed by atoms with van der Waals surface area (Å²) >= 11 is 0. The van der Waals surface area contributed by atoms with Crippen LogP contribution in [0.25, 0.3) is 0 Å². The molecule has 0 atom stereocenters. The number of aryl methyl sites for hydroxylation is 1. The number of rotatable bonds is 2. The van der Waals surface area contributed by atoms with Crippen LogP contribution in [0.5, 0.6) is 5.75 Å². The highest BCUT2D eigenvalue weighted by Crippen LogP contribution is 2.18. The second kappa shape index (κ2) is 3.33. The minimum Gasteiger partial charge on any atom is -0.506 e. The van der Waals surface area contributed by atoms with Gasteiger partial charge in [0.1, 0.15) is 5.75 Å². The van der Waals surface area contributed by atoms with Crippen LogP contribution >= 0.6 is 0 Å². The van der Waals surface area contributed by atoms with Gasteiger partial charge in [0.05, 0.1) is 16.3 Å². The molecular weight excluding hydrogens is 190 g/mol. The highest BCUT2D eigenvalue weighted by atomic mass is 32.2. The molecule has 4 nitrogen and oxygen atoms in total. The summed E-state index contributed by atoms with van der Waals surface area (Å²) in [4.78, 5) is 3.83. The first kappa shape index (κ1) is 9.98. The summed E-state index contributed by atoms with van der Waals surface area (Å²) in [7, 11) is -3.26. The molecule has 0 aromatic carbocycles. The largest absolute Gasteiger partial charge is 0.506 e. The third kappa shape index (κ3) is 1.98. The fourth-order valence-electron chi connectivity index (χ4n) is 0.840. The Labute approximate surface area is 77.2 Å². The van der Waals surface area contributed by atoms with Crippen LogP contribution in [0.1, 0.15) is 12.6 Å². The van der Waals surface area contributed by atoms with Gasteiger partial charge in [0.15, 0.2) is 9.84 Å². The number of nitrogens with zero attached hydrogens (tertiary/aromatic N) is 1. The number of hydrogen-bond donors (Lipinski definition) is 1. The van der Waals surface area contributed by atoms with Crippen molar-refractivity contribution in [1.82, 2.24) is 4.98 Å². The average molecular weight is 201 g/mol. The van der Waals surface area contributed by atoms with E-state index in [-0.39, 0.29) is 16.4 Å². The Morgan fingerprint density at radius 2 is 2.15 bits per heavy atom. The average Bonchev–Trinajstić information content (AvgIpc) is 2.09. The van der Waals surface area contributed by atoms with Gasteiger partial charge >= 0.3 is 0 Å². The molecule has 72 valence electrons. The van der Waals surface area contributed by atoms with Crippen LogP contribution in [0.4, 0.5) is 0 Å². The van der Waals surface area contributed by atoms with Crippen molar-refractivity contribution in [3.63, 3.8) is 0 Å². The minimum absolute atomic E-state index is 0.0111. The predicted molar refractivity (Wildman–Crippen MR) is 48.4 cm³/mol. The summed E-state index contributed by atoms with van der Waals surface area (Å²) in [6, 6.07) is 1.22. The van der Waals surface area contributed by atoms with Crippen LogP contribution in [0.15, 0.2) is 17.2 Å². The lowest BCUT2D eigenvalue weighted by Gasteiger charge is -2.02. The molecule has 0 saturated heterocycles. The molecule has 1 heterocycles. The monoisotopic (exact) mass is 201 g/mol. The van der Waals surface area contributed by atoms with Crippen molar-refractivity contribution < 1.29 is 13.5 Å². The smallest absolute Gasteiger partial charge is 0.179 e. The van der Waals surface area contributed by atoms with E-state index in [0.29, 0.717) is 5.69 Å². The summed E-state index contributed by atoms with van der Waals surface area (Å²) in [6.45, 7) is 3.16. The Bertz CT molecular complexity index is 411. The quantitative estimate of drug-likeness (QED) is 0.771. The molecule has 0 amide bonds. The molecule has 0 aliphatic heterocycles. The van der Waals surface area contributed by atoms with Gasteiger partial charge in [-0.3, -0.25) is 4.98 Å². The van der Waals surface area contributed by atoms with Gasteiger partial charge in [0, 0.05) is 12.3 Å². The van der Waals surface area contributed by atoms with Gasteiger partial charge in [-0.1, -0.05) is 6.92 Å². The highest BCUT2D eigenvalue weighted by molar-refractivity contribution is 7.91. The number of pyridine rings is 1. The first-order valence-corrected chi connectivity index (χ1v) is 5.51. The van der Waals surface area contributed by atoms with Gasteiger partial charge in [-0.2, -0.15) is 0 Å². The first-order valence-electron chi connectivity index (χ1n) is 3.85. The van der Waals surface area contributed by atoms with Crippen molar-refractivity contribution in [2.45, 2.75) is 18.7 Å². The van der Waals surface area contributed by atoms with Crippen LogP contribution in [-0.4, -0.2) is 24.3 Å².